The number of carboxylic acids is 1. The second-order valence-electron chi connectivity index (χ2n) is 7.10. The zero-order valence-electron chi connectivity index (χ0n) is 16.2. The lowest BCUT2D eigenvalue weighted by molar-refractivity contribution is -0.145. The van der Waals surface area contributed by atoms with Gasteiger partial charge in [0.05, 0.1) is 24.9 Å². The van der Waals surface area contributed by atoms with Gasteiger partial charge in [-0.2, -0.15) is 0 Å². The molecule has 7 N–H and O–H groups in total. The van der Waals surface area contributed by atoms with Crippen LogP contribution in [0, 0.1) is 0 Å². The van der Waals surface area contributed by atoms with E-state index in [1.165, 1.54) is 13.8 Å². The summed E-state index contributed by atoms with van der Waals surface area (Å²) in [5, 5.41) is 25.2. The van der Waals surface area contributed by atoms with E-state index in [2.05, 4.69) is 16.0 Å². The van der Waals surface area contributed by atoms with Crippen LogP contribution < -0.4 is 21.7 Å². The average Bonchev–Trinajstić information content (AvgIpc) is 2.53. The minimum atomic E-state index is -1.28. The molecular formula is C16H30N4O7. The standard InChI is InChI=1S/C16H30N4O7/c1-8(19-11(22)6-18-14(24)12(17)9(2)21)13(23)20-10(15(25)26)7-27-16(3,4)5/h8-10,12,21H,6-7,17H2,1-5H3,(H,18,24)(H,19,22)(H,20,23)(H,25,26)/t8-,9-,10-,12-/m0/s1. The van der Waals surface area contributed by atoms with E-state index in [1.54, 1.807) is 20.8 Å². The van der Waals surface area contributed by atoms with Crippen molar-refractivity contribution < 1.29 is 34.1 Å². The van der Waals surface area contributed by atoms with Crippen molar-refractivity contribution in [2.75, 3.05) is 13.2 Å². The van der Waals surface area contributed by atoms with E-state index in [9.17, 15) is 24.3 Å². The number of carbonyl (C=O) groups is 4. The summed E-state index contributed by atoms with van der Waals surface area (Å²) in [5.74, 6) is -3.39. The van der Waals surface area contributed by atoms with Crippen LogP contribution in [0.15, 0.2) is 0 Å². The molecule has 0 unspecified atom stereocenters. The van der Waals surface area contributed by atoms with Crippen LogP contribution in [0.4, 0.5) is 0 Å². The smallest absolute Gasteiger partial charge is 0.328 e. The molecule has 0 rings (SSSR count). The van der Waals surface area contributed by atoms with E-state index >= 15 is 0 Å². The molecule has 0 aliphatic heterocycles. The third-order valence-corrected chi connectivity index (χ3v) is 3.31. The number of aliphatic hydroxyl groups is 1. The van der Waals surface area contributed by atoms with Crippen LogP contribution in [0.5, 0.6) is 0 Å². The van der Waals surface area contributed by atoms with Crippen LogP contribution in [-0.4, -0.2) is 76.9 Å². The lowest BCUT2D eigenvalue weighted by Gasteiger charge is -2.24. The van der Waals surface area contributed by atoms with Gasteiger partial charge in [-0.25, -0.2) is 4.79 Å². The van der Waals surface area contributed by atoms with Crippen molar-refractivity contribution in [3.63, 3.8) is 0 Å². The summed E-state index contributed by atoms with van der Waals surface area (Å²) in [4.78, 5) is 46.6. The number of amides is 3. The highest BCUT2D eigenvalue weighted by atomic mass is 16.5. The van der Waals surface area contributed by atoms with Crippen LogP contribution >= 0.6 is 0 Å². The van der Waals surface area contributed by atoms with Gasteiger partial charge in [0.25, 0.3) is 0 Å². The summed E-state index contributed by atoms with van der Waals surface area (Å²) in [7, 11) is 0. The molecule has 0 fully saturated rings. The number of aliphatic carboxylic acids is 1. The number of carbonyl (C=O) groups excluding carboxylic acids is 3. The fourth-order valence-electron chi connectivity index (χ4n) is 1.67. The van der Waals surface area contributed by atoms with Gasteiger partial charge in [-0.15, -0.1) is 0 Å². The Labute approximate surface area is 158 Å². The Kier molecular flexibility index (Phi) is 9.90. The fourth-order valence-corrected chi connectivity index (χ4v) is 1.67. The number of hydrogen-bond donors (Lipinski definition) is 6. The molecule has 0 aromatic rings. The Balaban J connectivity index is 4.51. The topological polar surface area (TPSA) is 180 Å². The predicted octanol–water partition coefficient (Wildman–Crippen LogP) is -2.30. The summed E-state index contributed by atoms with van der Waals surface area (Å²) in [6.45, 7) is 7.24. The van der Waals surface area contributed by atoms with Crippen LogP contribution in [0.1, 0.15) is 34.6 Å². The summed E-state index contributed by atoms with van der Waals surface area (Å²) in [6, 6.07) is -3.51. The third-order valence-electron chi connectivity index (χ3n) is 3.31. The normalized spacial score (nSPS) is 15.8. The average molecular weight is 390 g/mol. The summed E-state index contributed by atoms with van der Waals surface area (Å²) in [6.07, 6.45) is -1.08. The first-order valence-electron chi connectivity index (χ1n) is 8.42. The van der Waals surface area contributed by atoms with E-state index in [4.69, 9.17) is 15.6 Å². The van der Waals surface area contributed by atoms with E-state index in [-0.39, 0.29) is 6.61 Å². The molecule has 0 aromatic carbocycles. The molecule has 0 aliphatic rings. The van der Waals surface area contributed by atoms with Crippen molar-refractivity contribution in [3.8, 4) is 0 Å². The van der Waals surface area contributed by atoms with Crippen LogP contribution in [0.25, 0.3) is 0 Å². The lowest BCUT2D eigenvalue weighted by Crippen LogP contribution is -2.54. The molecule has 3 amide bonds. The number of aliphatic hydroxyl groups excluding tert-OH is 1. The highest BCUT2D eigenvalue weighted by Crippen LogP contribution is 2.07. The van der Waals surface area contributed by atoms with E-state index in [0.29, 0.717) is 0 Å². The molecule has 27 heavy (non-hydrogen) atoms. The first-order valence-corrected chi connectivity index (χ1v) is 8.42. The van der Waals surface area contributed by atoms with Crippen LogP contribution in [0.2, 0.25) is 0 Å². The fraction of sp³-hybridized carbons (Fsp3) is 0.750. The van der Waals surface area contributed by atoms with Crippen molar-refractivity contribution in [1.82, 2.24) is 16.0 Å². The maximum Gasteiger partial charge on any atom is 0.328 e. The van der Waals surface area contributed by atoms with Gasteiger partial charge in [0.2, 0.25) is 17.7 Å². The molecular weight excluding hydrogens is 360 g/mol. The molecule has 0 bridgehead atoms. The van der Waals surface area contributed by atoms with Crippen molar-refractivity contribution in [2.45, 2.75) is 64.4 Å². The quantitative estimate of drug-likeness (QED) is 0.241. The highest BCUT2D eigenvalue weighted by Gasteiger charge is 2.26. The molecule has 11 nitrogen and oxygen atoms in total. The van der Waals surface area contributed by atoms with Crippen LogP contribution in [0.3, 0.4) is 0 Å². The molecule has 0 aromatic heterocycles. The van der Waals surface area contributed by atoms with Gasteiger partial charge in [-0.3, -0.25) is 14.4 Å². The Hall–Kier alpha value is -2.24. The van der Waals surface area contributed by atoms with Gasteiger partial charge in [0, 0.05) is 0 Å². The van der Waals surface area contributed by atoms with Crippen molar-refractivity contribution in [1.29, 1.82) is 0 Å². The minimum absolute atomic E-state index is 0.238. The number of ether oxygens (including phenoxy) is 1. The maximum atomic E-state index is 12.1. The first kappa shape index (κ1) is 24.8. The number of rotatable bonds is 10. The van der Waals surface area contributed by atoms with E-state index < -0.39 is 60.1 Å². The summed E-state index contributed by atoms with van der Waals surface area (Å²) in [5.41, 5.74) is 4.83. The van der Waals surface area contributed by atoms with Crippen molar-refractivity contribution in [2.24, 2.45) is 5.73 Å². The van der Waals surface area contributed by atoms with Crippen molar-refractivity contribution in [3.05, 3.63) is 0 Å². The zero-order chi connectivity index (χ0) is 21.4. The second kappa shape index (κ2) is 10.8. The second-order valence-corrected chi connectivity index (χ2v) is 7.10. The molecule has 156 valence electrons. The molecule has 11 heteroatoms. The van der Waals surface area contributed by atoms with E-state index in [0.717, 1.165) is 0 Å². The Morgan fingerprint density at radius 2 is 1.63 bits per heavy atom. The molecule has 0 spiro atoms. The Morgan fingerprint density at radius 1 is 1.07 bits per heavy atom. The number of nitrogens with one attached hydrogen (secondary N) is 3. The van der Waals surface area contributed by atoms with Gasteiger partial charge in [-0.05, 0) is 34.6 Å². The number of carboxylic acid groups (broad SMARTS) is 1. The zero-order valence-corrected chi connectivity index (χ0v) is 16.2. The highest BCUT2D eigenvalue weighted by molar-refractivity contribution is 5.92. The lowest BCUT2D eigenvalue weighted by atomic mass is 10.2. The van der Waals surface area contributed by atoms with E-state index in [1.807, 2.05) is 0 Å². The molecule has 4 atom stereocenters. The largest absolute Gasteiger partial charge is 0.480 e. The molecule has 0 saturated heterocycles. The first-order chi connectivity index (χ1) is 12.2. The molecule has 0 saturated carbocycles. The molecule has 0 aliphatic carbocycles. The monoisotopic (exact) mass is 390 g/mol. The van der Waals surface area contributed by atoms with Crippen LogP contribution in [-0.2, 0) is 23.9 Å². The van der Waals surface area contributed by atoms with Crippen molar-refractivity contribution >= 4 is 23.7 Å². The SMILES string of the molecule is C[C@H](NC(=O)CNC(=O)[C@@H](N)[C@H](C)O)C(=O)N[C@@H](COC(C)(C)C)C(=O)O. The van der Waals surface area contributed by atoms with Gasteiger partial charge in [0.15, 0.2) is 6.04 Å². The maximum absolute atomic E-state index is 12.1. The van der Waals surface area contributed by atoms with Gasteiger partial charge < -0.3 is 36.6 Å². The van der Waals surface area contributed by atoms with Gasteiger partial charge >= 0.3 is 5.97 Å². The predicted molar refractivity (Wildman–Crippen MR) is 95.5 cm³/mol. The Bertz CT molecular complexity index is 545. The number of hydrogen-bond acceptors (Lipinski definition) is 7. The molecule has 0 heterocycles. The Morgan fingerprint density at radius 3 is 2.07 bits per heavy atom. The summed E-state index contributed by atoms with van der Waals surface area (Å²) >= 11 is 0. The minimum Gasteiger partial charge on any atom is -0.480 e. The third kappa shape index (κ3) is 10.5. The number of nitrogens with two attached hydrogens (primary N) is 1. The van der Waals surface area contributed by atoms with Gasteiger partial charge in [0.1, 0.15) is 12.1 Å². The molecule has 0 radical (unpaired) electrons. The van der Waals surface area contributed by atoms with Gasteiger partial charge in [-0.1, -0.05) is 0 Å². The summed E-state index contributed by atoms with van der Waals surface area (Å²) < 4.78 is 5.36.